The number of allylic oxidation sites excluding steroid dienone is 3. The molecule has 18 heavy (non-hydrogen) atoms. The average molecular weight is 238 g/mol. The molecule has 0 atom stereocenters. The van der Waals surface area contributed by atoms with Gasteiger partial charge in [-0.1, -0.05) is 36.9 Å². The van der Waals surface area contributed by atoms with E-state index in [2.05, 4.69) is 23.7 Å². The van der Waals surface area contributed by atoms with Crippen molar-refractivity contribution >= 4 is 22.7 Å². The van der Waals surface area contributed by atoms with Gasteiger partial charge in [0.25, 0.3) is 0 Å². The Morgan fingerprint density at radius 3 is 2.56 bits per heavy atom. The molecule has 2 rings (SSSR count). The van der Waals surface area contributed by atoms with Gasteiger partial charge in [0.15, 0.2) is 6.21 Å². The molecule has 2 aromatic carbocycles. The molecule has 2 heteroatoms. The van der Waals surface area contributed by atoms with Crippen molar-refractivity contribution < 1.29 is 9.73 Å². The number of fused-ring (bicyclic) bond motifs is 1. The molecule has 1 N–H and O–H groups in total. The van der Waals surface area contributed by atoms with Gasteiger partial charge in [-0.25, -0.2) is 4.99 Å². The van der Waals surface area contributed by atoms with Gasteiger partial charge in [-0.2, -0.15) is 0 Å². The topological polar surface area (TPSA) is 23.2 Å². The lowest BCUT2D eigenvalue weighted by molar-refractivity contribution is -0.344. The van der Waals surface area contributed by atoms with Gasteiger partial charge in [0.05, 0.1) is 12.5 Å². The molecule has 0 saturated carbocycles. The summed E-state index contributed by atoms with van der Waals surface area (Å²) in [6.07, 6.45) is 7.41. The lowest BCUT2D eigenvalue weighted by atomic mass is 10.1. The first kappa shape index (κ1) is 12.1. The Kier molecular flexibility index (Phi) is 3.92. The van der Waals surface area contributed by atoms with E-state index >= 15 is 0 Å². The van der Waals surface area contributed by atoms with E-state index in [9.17, 15) is 0 Å². The van der Waals surface area contributed by atoms with E-state index in [0.29, 0.717) is 0 Å². The van der Waals surface area contributed by atoms with Crippen molar-refractivity contribution in [3.8, 4) is 5.75 Å². The standard InChI is InChI=1S/C16H15NO/c1-3-4-7-12-17-15-10-11-16(18-2)14-9-6-5-8-13(14)15/h3-12H,1H2,2H3/p+1/b7-4-,17-12?. The predicted molar refractivity (Wildman–Crippen MR) is 76.5 cm³/mol. The van der Waals surface area contributed by atoms with E-state index in [1.54, 1.807) is 13.2 Å². The molecule has 0 aliphatic carbocycles. The summed E-state index contributed by atoms with van der Waals surface area (Å²) >= 11 is 0. The number of hydrogen-bond donors (Lipinski definition) is 1. The third kappa shape index (κ3) is 2.48. The van der Waals surface area contributed by atoms with Gasteiger partial charge in [0.2, 0.25) is 5.69 Å². The minimum Gasteiger partial charge on any atom is -0.496 e. The van der Waals surface area contributed by atoms with Crippen LogP contribution < -0.4 is 9.73 Å². The van der Waals surface area contributed by atoms with Crippen LogP contribution in [-0.2, 0) is 0 Å². The monoisotopic (exact) mass is 238 g/mol. The highest BCUT2D eigenvalue weighted by Crippen LogP contribution is 2.28. The third-order valence-electron chi connectivity index (χ3n) is 2.69. The molecule has 90 valence electrons. The number of rotatable bonds is 4. The van der Waals surface area contributed by atoms with Gasteiger partial charge in [0.1, 0.15) is 5.75 Å². The number of methoxy groups -OCH3 is 1. The molecule has 0 fully saturated rings. The third-order valence-corrected chi connectivity index (χ3v) is 2.69. The molecule has 0 aliphatic heterocycles. The second-order valence-electron chi connectivity index (χ2n) is 3.79. The highest BCUT2D eigenvalue weighted by molar-refractivity contribution is 5.95. The highest BCUT2D eigenvalue weighted by atomic mass is 16.5. The van der Waals surface area contributed by atoms with Crippen molar-refractivity contribution in [3.63, 3.8) is 0 Å². The maximum absolute atomic E-state index is 5.36. The fourth-order valence-electron chi connectivity index (χ4n) is 1.85. The summed E-state index contributed by atoms with van der Waals surface area (Å²) in [5, 5.41) is 2.24. The average Bonchev–Trinajstić information content (AvgIpc) is 2.43. The smallest absolute Gasteiger partial charge is 0.211 e. The van der Waals surface area contributed by atoms with Crippen LogP contribution >= 0.6 is 0 Å². The summed E-state index contributed by atoms with van der Waals surface area (Å²) in [6, 6.07) is 12.1. The zero-order chi connectivity index (χ0) is 12.8. The first-order chi connectivity index (χ1) is 8.86. The Hall–Kier alpha value is -2.35. The zero-order valence-electron chi connectivity index (χ0n) is 10.4. The summed E-state index contributed by atoms with van der Waals surface area (Å²) < 4.78 is 5.36. The van der Waals surface area contributed by atoms with Crippen LogP contribution in [0.25, 0.3) is 10.8 Å². The number of ether oxygens (including phenoxy) is 1. The maximum Gasteiger partial charge on any atom is 0.211 e. The van der Waals surface area contributed by atoms with Crippen LogP contribution in [-0.4, -0.2) is 13.3 Å². The molecule has 0 aromatic heterocycles. The molecule has 0 radical (unpaired) electrons. The van der Waals surface area contributed by atoms with Gasteiger partial charge in [-0.15, -0.1) is 0 Å². The Labute approximate surface area is 107 Å². The van der Waals surface area contributed by atoms with Crippen molar-refractivity contribution in [1.82, 2.24) is 0 Å². The Bertz CT molecular complexity index is 612. The van der Waals surface area contributed by atoms with Crippen molar-refractivity contribution in [2.45, 2.75) is 0 Å². The van der Waals surface area contributed by atoms with Crippen molar-refractivity contribution in [2.75, 3.05) is 7.11 Å². The van der Waals surface area contributed by atoms with Crippen molar-refractivity contribution in [3.05, 3.63) is 61.2 Å². The SMILES string of the molecule is C=C/C=C\C=[NH+]c1ccc(OC)c2ccccc12. The normalized spacial score (nSPS) is 11.4. The number of nitrogens with one attached hydrogen (secondary N) is 1. The molecular formula is C16H16NO+. The van der Waals surface area contributed by atoms with Crippen molar-refractivity contribution in [1.29, 1.82) is 0 Å². The minimum atomic E-state index is 0.887. The Balaban J connectivity index is 2.49. The molecule has 2 nitrogen and oxygen atoms in total. The second-order valence-corrected chi connectivity index (χ2v) is 3.79. The first-order valence-electron chi connectivity index (χ1n) is 5.80. The lowest BCUT2D eigenvalue weighted by Gasteiger charge is -2.04. The maximum atomic E-state index is 5.36. The number of benzene rings is 2. The van der Waals surface area contributed by atoms with Gasteiger partial charge in [-0.05, 0) is 12.1 Å². The highest BCUT2D eigenvalue weighted by Gasteiger charge is 2.07. The number of hydrogen-bond acceptors (Lipinski definition) is 1. The van der Waals surface area contributed by atoms with E-state index in [0.717, 1.165) is 22.2 Å². The van der Waals surface area contributed by atoms with E-state index in [4.69, 9.17) is 4.74 Å². The van der Waals surface area contributed by atoms with Crippen LogP contribution in [0.2, 0.25) is 0 Å². The predicted octanol–water partition coefficient (Wildman–Crippen LogP) is 2.37. The lowest BCUT2D eigenvalue weighted by Crippen LogP contribution is -2.61. The van der Waals surface area contributed by atoms with Gasteiger partial charge >= 0.3 is 0 Å². The molecule has 0 heterocycles. The first-order valence-corrected chi connectivity index (χ1v) is 5.80. The summed E-state index contributed by atoms with van der Waals surface area (Å²) in [7, 11) is 1.69. The molecule has 0 amide bonds. The molecule has 0 bridgehead atoms. The van der Waals surface area contributed by atoms with Crippen molar-refractivity contribution in [2.24, 2.45) is 0 Å². The van der Waals surface area contributed by atoms with Crippen LogP contribution in [0.5, 0.6) is 5.75 Å². The van der Waals surface area contributed by atoms with Crippen LogP contribution in [0.15, 0.2) is 61.2 Å². The van der Waals surface area contributed by atoms with Gasteiger partial charge < -0.3 is 4.74 Å². The van der Waals surface area contributed by atoms with E-state index in [1.807, 2.05) is 42.6 Å². The summed E-state index contributed by atoms with van der Waals surface area (Å²) in [5.74, 6) is 0.887. The molecular weight excluding hydrogens is 222 g/mol. The van der Waals surface area contributed by atoms with E-state index in [1.165, 1.54) is 0 Å². The molecule has 0 saturated heterocycles. The quantitative estimate of drug-likeness (QED) is 0.641. The van der Waals surface area contributed by atoms with Crippen LogP contribution in [0.1, 0.15) is 0 Å². The Morgan fingerprint density at radius 2 is 1.83 bits per heavy atom. The molecule has 0 spiro atoms. The Morgan fingerprint density at radius 1 is 1.06 bits per heavy atom. The van der Waals surface area contributed by atoms with Crippen LogP contribution in [0.3, 0.4) is 0 Å². The fourth-order valence-corrected chi connectivity index (χ4v) is 1.85. The molecule has 0 aliphatic rings. The summed E-state index contributed by atoms with van der Waals surface area (Å²) in [4.78, 5) is 3.26. The van der Waals surface area contributed by atoms with Gasteiger partial charge in [-0.3, -0.25) is 0 Å². The molecule has 2 aromatic rings. The summed E-state index contributed by atoms with van der Waals surface area (Å²) in [5.41, 5.74) is 1.06. The van der Waals surface area contributed by atoms with Crippen LogP contribution in [0.4, 0.5) is 5.69 Å². The molecule has 0 unspecified atom stereocenters. The summed E-state index contributed by atoms with van der Waals surface area (Å²) in [6.45, 7) is 3.63. The largest absolute Gasteiger partial charge is 0.496 e. The van der Waals surface area contributed by atoms with Gasteiger partial charge in [0, 0.05) is 17.5 Å². The minimum absolute atomic E-state index is 0.887. The second kappa shape index (κ2) is 5.82. The van der Waals surface area contributed by atoms with E-state index in [-0.39, 0.29) is 0 Å². The zero-order valence-corrected chi connectivity index (χ0v) is 10.4. The fraction of sp³-hybridized carbons (Fsp3) is 0.0625. The van der Waals surface area contributed by atoms with Crippen LogP contribution in [0, 0.1) is 0 Å². The van der Waals surface area contributed by atoms with E-state index < -0.39 is 0 Å².